The van der Waals surface area contributed by atoms with Crippen molar-refractivity contribution in [2.24, 2.45) is 0 Å². The summed E-state index contributed by atoms with van der Waals surface area (Å²) in [5.41, 5.74) is 2.93. The normalized spacial score (nSPS) is 14.0. The Labute approximate surface area is 169 Å². The summed E-state index contributed by atoms with van der Waals surface area (Å²) >= 11 is 0. The smallest absolute Gasteiger partial charge is 0.353 e. The Balaban J connectivity index is 1.56. The van der Waals surface area contributed by atoms with Crippen LogP contribution in [0, 0.1) is 17.0 Å². The molecule has 29 heavy (non-hydrogen) atoms. The Bertz CT molecular complexity index is 986. The summed E-state index contributed by atoms with van der Waals surface area (Å²) in [6.45, 7) is 4.83. The average Bonchev–Trinajstić information content (AvgIpc) is 2.76. The highest BCUT2D eigenvalue weighted by molar-refractivity contribution is 5.74. The molecule has 8 heteroatoms. The van der Waals surface area contributed by atoms with Gasteiger partial charge in [0.25, 0.3) is 0 Å². The van der Waals surface area contributed by atoms with Crippen LogP contribution >= 0.6 is 0 Å². The molecule has 1 saturated heterocycles. The summed E-state index contributed by atoms with van der Waals surface area (Å²) in [4.78, 5) is 24.1. The van der Waals surface area contributed by atoms with E-state index in [1.807, 2.05) is 54.3 Å². The second-order valence-corrected chi connectivity index (χ2v) is 6.95. The van der Waals surface area contributed by atoms with Crippen LogP contribution in [-0.2, 0) is 0 Å². The van der Waals surface area contributed by atoms with E-state index < -0.39 is 4.92 Å². The van der Waals surface area contributed by atoms with Gasteiger partial charge >= 0.3 is 5.69 Å². The number of nitrogens with one attached hydrogen (secondary N) is 1. The zero-order chi connectivity index (χ0) is 20.2. The first-order valence-electron chi connectivity index (χ1n) is 9.50. The summed E-state index contributed by atoms with van der Waals surface area (Å²) < 4.78 is 0. The average molecular weight is 390 g/mol. The van der Waals surface area contributed by atoms with Crippen molar-refractivity contribution >= 4 is 28.7 Å². The van der Waals surface area contributed by atoms with Gasteiger partial charge in [-0.15, -0.1) is 0 Å². The first-order valence-corrected chi connectivity index (χ1v) is 9.50. The molecule has 0 spiro atoms. The van der Waals surface area contributed by atoms with E-state index in [2.05, 4.69) is 32.3 Å². The number of hydrogen-bond acceptors (Lipinski definition) is 7. The fraction of sp³-hybridized carbons (Fsp3) is 0.238. The molecule has 0 unspecified atom stereocenters. The summed E-state index contributed by atoms with van der Waals surface area (Å²) in [6, 6.07) is 17.8. The highest BCUT2D eigenvalue weighted by atomic mass is 16.6. The molecule has 0 aliphatic carbocycles. The van der Waals surface area contributed by atoms with Crippen LogP contribution < -0.4 is 15.1 Å². The molecule has 0 bridgehead atoms. The number of nitrogens with zero attached hydrogens (tertiary/aromatic N) is 5. The minimum atomic E-state index is -0.407. The maximum atomic E-state index is 11.9. The second kappa shape index (κ2) is 8.14. The maximum Gasteiger partial charge on any atom is 0.353 e. The number of nitro groups is 1. The topological polar surface area (TPSA) is 87.4 Å². The van der Waals surface area contributed by atoms with Gasteiger partial charge in [0, 0.05) is 37.6 Å². The predicted octanol–water partition coefficient (Wildman–Crippen LogP) is 3.76. The van der Waals surface area contributed by atoms with E-state index in [1.165, 1.54) is 6.33 Å². The van der Waals surface area contributed by atoms with Crippen molar-refractivity contribution in [3.8, 4) is 0 Å². The molecular weight excluding hydrogens is 368 g/mol. The zero-order valence-electron chi connectivity index (χ0n) is 16.2. The van der Waals surface area contributed by atoms with Crippen molar-refractivity contribution < 1.29 is 4.92 Å². The standard InChI is InChI=1S/C21H22N6O2/c1-16-7-9-17(10-8-16)24-20-19(27(28)29)21(23-15-22-20)26-13-11-25(12-14-26)18-5-3-2-4-6-18/h2-10,15H,11-14H2,1H3,(H,22,23,24). The molecule has 8 nitrogen and oxygen atoms in total. The molecule has 1 aliphatic rings. The molecule has 1 aliphatic heterocycles. The SMILES string of the molecule is Cc1ccc(Nc2ncnc(N3CCN(c4ccccc4)CC3)c2[N+](=O)[O-])cc1. The van der Waals surface area contributed by atoms with Gasteiger partial charge in [0.2, 0.25) is 11.6 Å². The Morgan fingerprint density at radius 1 is 0.931 bits per heavy atom. The fourth-order valence-corrected chi connectivity index (χ4v) is 3.45. The highest BCUT2D eigenvalue weighted by Crippen LogP contribution is 2.34. The minimum Gasteiger partial charge on any atom is -0.368 e. The Morgan fingerprint density at radius 3 is 2.24 bits per heavy atom. The van der Waals surface area contributed by atoms with Gasteiger partial charge < -0.3 is 15.1 Å². The molecule has 4 rings (SSSR count). The van der Waals surface area contributed by atoms with Crippen molar-refractivity contribution in [1.82, 2.24) is 9.97 Å². The van der Waals surface area contributed by atoms with Crippen molar-refractivity contribution in [2.75, 3.05) is 41.3 Å². The fourth-order valence-electron chi connectivity index (χ4n) is 3.45. The molecule has 0 atom stereocenters. The number of benzene rings is 2. The maximum absolute atomic E-state index is 11.9. The van der Waals surface area contributed by atoms with E-state index in [9.17, 15) is 10.1 Å². The van der Waals surface area contributed by atoms with Crippen LogP contribution in [0.1, 0.15) is 5.56 Å². The predicted molar refractivity (Wildman–Crippen MR) is 114 cm³/mol. The van der Waals surface area contributed by atoms with Crippen LogP contribution in [0.4, 0.5) is 28.7 Å². The van der Waals surface area contributed by atoms with Crippen molar-refractivity contribution in [3.63, 3.8) is 0 Å². The number of hydrogen-bond donors (Lipinski definition) is 1. The lowest BCUT2D eigenvalue weighted by atomic mass is 10.2. The van der Waals surface area contributed by atoms with Crippen LogP contribution in [0.5, 0.6) is 0 Å². The molecule has 2 aromatic carbocycles. The summed E-state index contributed by atoms with van der Waals surface area (Å²) in [5, 5.41) is 14.9. The largest absolute Gasteiger partial charge is 0.368 e. The summed E-state index contributed by atoms with van der Waals surface area (Å²) in [7, 11) is 0. The Kier molecular flexibility index (Phi) is 5.24. The van der Waals surface area contributed by atoms with Gasteiger partial charge in [-0.1, -0.05) is 35.9 Å². The lowest BCUT2D eigenvalue weighted by Crippen LogP contribution is -2.47. The van der Waals surface area contributed by atoms with E-state index in [-0.39, 0.29) is 11.5 Å². The third-order valence-corrected chi connectivity index (χ3v) is 5.00. The third-order valence-electron chi connectivity index (χ3n) is 5.00. The molecule has 1 fully saturated rings. The van der Waals surface area contributed by atoms with E-state index in [0.717, 1.165) is 30.0 Å². The van der Waals surface area contributed by atoms with E-state index >= 15 is 0 Å². The van der Waals surface area contributed by atoms with Crippen LogP contribution in [0.2, 0.25) is 0 Å². The second-order valence-electron chi connectivity index (χ2n) is 6.95. The number of para-hydroxylation sites is 1. The third kappa shape index (κ3) is 4.11. The van der Waals surface area contributed by atoms with Gasteiger partial charge in [-0.25, -0.2) is 9.97 Å². The molecule has 1 aromatic heterocycles. The number of aryl methyl sites for hydroxylation is 1. The molecule has 0 amide bonds. The van der Waals surface area contributed by atoms with Crippen molar-refractivity contribution in [3.05, 3.63) is 76.6 Å². The van der Waals surface area contributed by atoms with Crippen molar-refractivity contribution in [2.45, 2.75) is 6.92 Å². The summed E-state index contributed by atoms with van der Waals surface area (Å²) in [6.07, 6.45) is 1.38. The first kappa shape index (κ1) is 18.7. The van der Waals surface area contributed by atoms with Gasteiger partial charge in [0.05, 0.1) is 4.92 Å². The zero-order valence-corrected chi connectivity index (χ0v) is 16.2. The van der Waals surface area contributed by atoms with Gasteiger partial charge in [0.15, 0.2) is 0 Å². The lowest BCUT2D eigenvalue weighted by Gasteiger charge is -2.36. The van der Waals surface area contributed by atoms with Gasteiger partial charge in [0.1, 0.15) is 6.33 Å². The van der Waals surface area contributed by atoms with E-state index in [4.69, 9.17) is 0 Å². The van der Waals surface area contributed by atoms with Gasteiger partial charge in [-0.2, -0.15) is 0 Å². The molecule has 1 N–H and O–H groups in total. The monoisotopic (exact) mass is 390 g/mol. The highest BCUT2D eigenvalue weighted by Gasteiger charge is 2.29. The Morgan fingerprint density at radius 2 is 1.59 bits per heavy atom. The number of rotatable bonds is 5. The van der Waals surface area contributed by atoms with E-state index in [0.29, 0.717) is 18.9 Å². The molecule has 0 radical (unpaired) electrons. The molecule has 148 valence electrons. The summed E-state index contributed by atoms with van der Waals surface area (Å²) in [5.74, 6) is 0.557. The van der Waals surface area contributed by atoms with Crippen LogP contribution in [0.3, 0.4) is 0 Å². The van der Waals surface area contributed by atoms with Crippen LogP contribution in [0.15, 0.2) is 60.9 Å². The quantitative estimate of drug-likeness (QED) is 0.524. The molecule has 0 saturated carbocycles. The van der Waals surface area contributed by atoms with E-state index in [1.54, 1.807) is 0 Å². The number of piperazine rings is 1. The molecule has 2 heterocycles. The number of aromatic nitrogens is 2. The molecular formula is C21H22N6O2. The van der Waals surface area contributed by atoms with Crippen LogP contribution in [0.25, 0.3) is 0 Å². The van der Waals surface area contributed by atoms with Crippen LogP contribution in [-0.4, -0.2) is 41.1 Å². The number of anilines is 4. The van der Waals surface area contributed by atoms with Gasteiger partial charge in [-0.05, 0) is 31.2 Å². The van der Waals surface area contributed by atoms with Crippen molar-refractivity contribution in [1.29, 1.82) is 0 Å². The Hall–Kier alpha value is -3.68. The van der Waals surface area contributed by atoms with Gasteiger partial charge in [-0.3, -0.25) is 10.1 Å². The lowest BCUT2D eigenvalue weighted by molar-refractivity contribution is -0.383. The first-order chi connectivity index (χ1) is 14.1. The molecule has 3 aromatic rings. The minimum absolute atomic E-state index is 0.0961.